The van der Waals surface area contributed by atoms with E-state index in [1.807, 2.05) is 24.3 Å². The molecular weight excluding hydrogens is 240 g/mol. The van der Waals surface area contributed by atoms with Crippen LogP contribution in [0.5, 0.6) is 0 Å². The first-order valence-corrected chi connectivity index (χ1v) is 6.20. The normalized spacial score (nSPS) is 11.3. The molecule has 1 aromatic heterocycles. The van der Waals surface area contributed by atoms with E-state index in [2.05, 4.69) is 41.3 Å². The second-order valence-electron chi connectivity index (χ2n) is 5.44. The monoisotopic (exact) mass is 258 g/mol. The molecule has 0 aliphatic carbocycles. The third-order valence-electron chi connectivity index (χ3n) is 2.89. The number of H-pyrrole nitrogens is 1. The van der Waals surface area contributed by atoms with Crippen molar-refractivity contribution in [2.24, 2.45) is 0 Å². The zero-order valence-electron chi connectivity index (χ0n) is 11.4. The van der Waals surface area contributed by atoms with Crippen LogP contribution >= 0.6 is 0 Å². The van der Waals surface area contributed by atoms with E-state index in [0.717, 1.165) is 0 Å². The highest BCUT2D eigenvalue weighted by atomic mass is 16.1. The molecule has 0 radical (unpaired) electrons. The Balaban J connectivity index is 2.00. The Labute approximate surface area is 112 Å². The third-order valence-corrected chi connectivity index (χ3v) is 2.89. The van der Waals surface area contributed by atoms with Crippen molar-refractivity contribution >= 4 is 5.91 Å². The van der Waals surface area contributed by atoms with E-state index < -0.39 is 0 Å². The smallest absolute Gasteiger partial charge is 0.251 e. The van der Waals surface area contributed by atoms with E-state index in [4.69, 9.17) is 0 Å². The van der Waals surface area contributed by atoms with Crippen LogP contribution in [0.25, 0.3) is 0 Å². The Morgan fingerprint density at radius 1 is 1.26 bits per heavy atom. The second-order valence-corrected chi connectivity index (χ2v) is 5.44. The summed E-state index contributed by atoms with van der Waals surface area (Å²) in [6.07, 6.45) is 1.42. The lowest BCUT2D eigenvalue weighted by molar-refractivity contribution is 0.0950. The molecule has 2 N–H and O–H groups in total. The highest BCUT2D eigenvalue weighted by Crippen LogP contribution is 2.22. The van der Waals surface area contributed by atoms with Gasteiger partial charge in [0.1, 0.15) is 12.2 Å². The number of aromatic nitrogens is 3. The van der Waals surface area contributed by atoms with Gasteiger partial charge in [-0.1, -0.05) is 32.9 Å². The van der Waals surface area contributed by atoms with Gasteiger partial charge >= 0.3 is 0 Å². The first kappa shape index (κ1) is 13.3. The fraction of sp³-hybridized carbons (Fsp3) is 0.357. The van der Waals surface area contributed by atoms with Crippen LogP contribution in [0.2, 0.25) is 0 Å². The lowest BCUT2D eigenvalue weighted by atomic mass is 9.87. The number of amides is 1. The highest BCUT2D eigenvalue weighted by Gasteiger charge is 2.14. The topological polar surface area (TPSA) is 70.7 Å². The maximum Gasteiger partial charge on any atom is 0.251 e. The van der Waals surface area contributed by atoms with Gasteiger partial charge in [-0.25, -0.2) is 4.98 Å². The van der Waals surface area contributed by atoms with Gasteiger partial charge < -0.3 is 5.32 Å². The minimum atomic E-state index is -0.114. The standard InChI is InChI=1S/C14H18N4O/c1-14(2,3)11-6-4-10(5-7-11)13(19)15-8-12-16-9-17-18-12/h4-7,9H,8H2,1-3H3,(H,15,19)(H,16,17,18). The maximum atomic E-state index is 11.9. The Hall–Kier alpha value is -2.17. The summed E-state index contributed by atoms with van der Waals surface area (Å²) in [5.41, 5.74) is 1.95. The molecule has 1 amide bonds. The predicted molar refractivity (Wildman–Crippen MR) is 72.7 cm³/mol. The summed E-state index contributed by atoms with van der Waals surface area (Å²) >= 11 is 0. The molecule has 0 aliphatic heterocycles. The summed E-state index contributed by atoms with van der Waals surface area (Å²) < 4.78 is 0. The highest BCUT2D eigenvalue weighted by molar-refractivity contribution is 5.94. The molecule has 0 bridgehead atoms. The minimum Gasteiger partial charge on any atom is -0.345 e. The molecule has 100 valence electrons. The number of benzene rings is 1. The summed E-state index contributed by atoms with van der Waals surface area (Å²) in [5, 5.41) is 9.21. The quantitative estimate of drug-likeness (QED) is 0.885. The molecular formula is C14H18N4O. The first-order chi connectivity index (χ1) is 8.97. The average Bonchev–Trinajstić information content (AvgIpc) is 2.88. The van der Waals surface area contributed by atoms with Gasteiger partial charge in [-0.15, -0.1) is 0 Å². The zero-order chi connectivity index (χ0) is 13.9. The molecule has 1 aromatic carbocycles. The summed E-state index contributed by atoms with van der Waals surface area (Å²) in [7, 11) is 0. The fourth-order valence-corrected chi connectivity index (χ4v) is 1.70. The number of hydrogen-bond donors (Lipinski definition) is 2. The molecule has 0 fully saturated rings. The van der Waals surface area contributed by atoms with E-state index in [9.17, 15) is 4.79 Å². The van der Waals surface area contributed by atoms with Crippen LogP contribution in [0.4, 0.5) is 0 Å². The van der Waals surface area contributed by atoms with E-state index in [1.165, 1.54) is 11.9 Å². The molecule has 19 heavy (non-hydrogen) atoms. The summed E-state index contributed by atoms with van der Waals surface area (Å²) in [6.45, 7) is 6.78. The van der Waals surface area contributed by atoms with Crippen molar-refractivity contribution < 1.29 is 4.79 Å². The van der Waals surface area contributed by atoms with Crippen molar-refractivity contribution in [3.63, 3.8) is 0 Å². The lowest BCUT2D eigenvalue weighted by Crippen LogP contribution is -2.23. The van der Waals surface area contributed by atoms with Gasteiger partial charge in [0.25, 0.3) is 5.91 Å². The van der Waals surface area contributed by atoms with E-state index >= 15 is 0 Å². The molecule has 5 nitrogen and oxygen atoms in total. The van der Waals surface area contributed by atoms with Crippen LogP contribution in [-0.2, 0) is 12.0 Å². The van der Waals surface area contributed by atoms with Crippen LogP contribution in [0.1, 0.15) is 42.5 Å². The van der Waals surface area contributed by atoms with Crippen LogP contribution < -0.4 is 5.32 Å². The van der Waals surface area contributed by atoms with Crippen LogP contribution in [0.15, 0.2) is 30.6 Å². The van der Waals surface area contributed by atoms with Gasteiger partial charge in [-0.05, 0) is 23.1 Å². The van der Waals surface area contributed by atoms with Crippen molar-refractivity contribution in [3.8, 4) is 0 Å². The Bertz CT molecular complexity index is 538. The van der Waals surface area contributed by atoms with Crippen molar-refractivity contribution in [1.82, 2.24) is 20.5 Å². The number of aromatic amines is 1. The second kappa shape index (κ2) is 5.22. The molecule has 2 aromatic rings. The minimum absolute atomic E-state index is 0.0921. The van der Waals surface area contributed by atoms with Crippen LogP contribution in [-0.4, -0.2) is 21.1 Å². The lowest BCUT2D eigenvalue weighted by Gasteiger charge is -2.19. The molecule has 0 atom stereocenters. The molecule has 0 aliphatic rings. The fourth-order valence-electron chi connectivity index (χ4n) is 1.70. The molecule has 0 saturated heterocycles. The third kappa shape index (κ3) is 3.40. The summed E-state index contributed by atoms with van der Waals surface area (Å²) in [6, 6.07) is 7.67. The molecule has 0 spiro atoms. The summed E-state index contributed by atoms with van der Waals surface area (Å²) in [5.74, 6) is 0.525. The van der Waals surface area contributed by atoms with Crippen LogP contribution in [0, 0.1) is 0 Å². The Kier molecular flexibility index (Phi) is 3.64. The Morgan fingerprint density at radius 2 is 1.95 bits per heavy atom. The summed E-state index contributed by atoms with van der Waals surface area (Å²) in [4.78, 5) is 15.9. The van der Waals surface area contributed by atoms with Crippen molar-refractivity contribution in [1.29, 1.82) is 0 Å². The van der Waals surface area contributed by atoms with Crippen molar-refractivity contribution in [3.05, 3.63) is 47.5 Å². The van der Waals surface area contributed by atoms with Gasteiger partial charge in [0.2, 0.25) is 0 Å². The van der Waals surface area contributed by atoms with Gasteiger partial charge in [-0.2, -0.15) is 5.10 Å². The van der Waals surface area contributed by atoms with E-state index in [1.54, 1.807) is 0 Å². The number of carbonyl (C=O) groups excluding carboxylic acids is 1. The number of rotatable bonds is 3. The predicted octanol–water partition coefficient (Wildman–Crippen LogP) is 2.03. The molecule has 5 heteroatoms. The first-order valence-electron chi connectivity index (χ1n) is 6.20. The van der Waals surface area contributed by atoms with E-state index in [-0.39, 0.29) is 11.3 Å². The van der Waals surface area contributed by atoms with Crippen molar-refractivity contribution in [2.75, 3.05) is 0 Å². The van der Waals surface area contributed by atoms with Crippen molar-refractivity contribution in [2.45, 2.75) is 32.7 Å². The van der Waals surface area contributed by atoms with Gasteiger partial charge in [0.15, 0.2) is 0 Å². The number of nitrogens with one attached hydrogen (secondary N) is 2. The SMILES string of the molecule is CC(C)(C)c1ccc(C(=O)NCc2ncn[nH]2)cc1. The number of carbonyl (C=O) groups is 1. The van der Waals surface area contributed by atoms with Gasteiger partial charge in [0.05, 0.1) is 6.54 Å². The Morgan fingerprint density at radius 3 is 2.47 bits per heavy atom. The van der Waals surface area contributed by atoms with Crippen LogP contribution in [0.3, 0.4) is 0 Å². The molecule has 1 heterocycles. The maximum absolute atomic E-state index is 11.9. The molecule has 0 unspecified atom stereocenters. The largest absolute Gasteiger partial charge is 0.345 e. The average molecular weight is 258 g/mol. The zero-order valence-corrected chi connectivity index (χ0v) is 11.4. The van der Waals surface area contributed by atoms with Gasteiger partial charge in [-0.3, -0.25) is 9.89 Å². The number of nitrogens with zero attached hydrogens (tertiary/aromatic N) is 2. The number of hydrogen-bond acceptors (Lipinski definition) is 3. The van der Waals surface area contributed by atoms with Gasteiger partial charge in [0, 0.05) is 5.56 Å². The van der Waals surface area contributed by atoms with E-state index in [0.29, 0.717) is 17.9 Å². The molecule has 2 rings (SSSR count). The molecule has 0 saturated carbocycles.